The van der Waals surface area contributed by atoms with E-state index in [1.807, 2.05) is 17.8 Å². The van der Waals surface area contributed by atoms with E-state index in [0.717, 1.165) is 25.7 Å². The highest BCUT2D eigenvalue weighted by molar-refractivity contribution is 5.44. The molecule has 3 rings (SSSR count). The summed E-state index contributed by atoms with van der Waals surface area (Å²) in [5.41, 5.74) is 6.72. The van der Waals surface area contributed by atoms with Crippen LogP contribution >= 0.6 is 0 Å². The van der Waals surface area contributed by atoms with E-state index in [-0.39, 0.29) is 0 Å². The summed E-state index contributed by atoms with van der Waals surface area (Å²) in [4.78, 5) is 8.66. The fourth-order valence-corrected chi connectivity index (χ4v) is 2.64. The van der Waals surface area contributed by atoms with Gasteiger partial charge in [-0.15, -0.1) is 0 Å². The molecule has 2 N–H and O–H groups in total. The Balaban J connectivity index is 1.87. The van der Waals surface area contributed by atoms with Crippen LogP contribution in [0.3, 0.4) is 0 Å². The SMILES string of the molecule is Cn1cnc(-c2nc(C3(N)CCCCCC3)no2)c1. The van der Waals surface area contributed by atoms with Gasteiger partial charge in [0.1, 0.15) is 5.69 Å². The Kier molecular flexibility index (Phi) is 3.10. The van der Waals surface area contributed by atoms with Crippen LogP contribution in [0.2, 0.25) is 0 Å². The average molecular weight is 261 g/mol. The van der Waals surface area contributed by atoms with E-state index in [0.29, 0.717) is 17.4 Å². The van der Waals surface area contributed by atoms with Crippen molar-refractivity contribution in [1.29, 1.82) is 0 Å². The van der Waals surface area contributed by atoms with Gasteiger partial charge in [-0.05, 0) is 12.8 Å². The van der Waals surface area contributed by atoms with Gasteiger partial charge in [-0.1, -0.05) is 30.8 Å². The van der Waals surface area contributed by atoms with E-state index >= 15 is 0 Å². The Morgan fingerprint density at radius 3 is 2.63 bits per heavy atom. The van der Waals surface area contributed by atoms with Gasteiger partial charge in [0.2, 0.25) is 0 Å². The molecule has 0 saturated heterocycles. The molecule has 1 aliphatic carbocycles. The number of aromatic nitrogens is 4. The van der Waals surface area contributed by atoms with Crippen molar-refractivity contribution in [3.05, 3.63) is 18.3 Å². The van der Waals surface area contributed by atoms with E-state index in [2.05, 4.69) is 15.1 Å². The van der Waals surface area contributed by atoms with E-state index in [9.17, 15) is 0 Å². The highest BCUT2D eigenvalue weighted by atomic mass is 16.5. The van der Waals surface area contributed by atoms with Gasteiger partial charge in [0.25, 0.3) is 5.89 Å². The molecular weight excluding hydrogens is 242 g/mol. The molecule has 6 heteroatoms. The minimum absolute atomic E-state index is 0.437. The second-order valence-electron chi connectivity index (χ2n) is 5.42. The van der Waals surface area contributed by atoms with Crippen LogP contribution in [0, 0.1) is 0 Å². The van der Waals surface area contributed by atoms with Crippen LogP contribution < -0.4 is 5.73 Å². The van der Waals surface area contributed by atoms with Crippen molar-refractivity contribution in [2.75, 3.05) is 0 Å². The lowest BCUT2D eigenvalue weighted by molar-refractivity contribution is 0.334. The summed E-state index contributed by atoms with van der Waals surface area (Å²) in [5, 5.41) is 4.08. The molecule has 0 radical (unpaired) electrons. The van der Waals surface area contributed by atoms with Crippen molar-refractivity contribution in [3.8, 4) is 11.6 Å². The Hall–Kier alpha value is -1.69. The fraction of sp³-hybridized carbons (Fsp3) is 0.615. The standard InChI is InChI=1S/C13H19N5O/c1-18-8-10(15-9-18)11-16-12(17-19-11)13(14)6-4-2-3-5-7-13/h8-9H,2-7,14H2,1H3. The Labute approximate surface area is 112 Å². The molecule has 2 aromatic rings. The molecule has 1 fully saturated rings. The maximum Gasteiger partial charge on any atom is 0.278 e. The van der Waals surface area contributed by atoms with Gasteiger partial charge in [-0.25, -0.2) is 4.98 Å². The van der Waals surface area contributed by atoms with Crippen LogP contribution in [0.1, 0.15) is 44.3 Å². The molecule has 0 spiro atoms. The van der Waals surface area contributed by atoms with Gasteiger partial charge in [0.05, 0.1) is 11.9 Å². The van der Waals surface area contributed by atoms with Crippen molar-refractivity contribution >= 4 is 0 Å². The van der Waals surface area contributed by atoms with Crippen LogP contribution in [0.25, 0.3) is 11.6 Å². The molecule has 0 unspecified atom stereocenters. The smallest absolute Gasteiger partial charge is 0.278 e. The van der Waals surface area contributed by atoms with Crippen LogP contribution in [-0.4, -0.2) is 19.7 Å². The maximum absolute atomic E-state index is 6.47. The molecule has 2 heterocycles. The minimum atomic E-state index is -0.437. The van der Waals surface area contributed by atoms with Crippen molar-refractivity contribution in [2.45, 2.75) is 44.1 Å². The largest absolute Gasteiger partial charge is 0.340 e. The van der Waals surface area contributed by atoms with Gasteiger partial charge in [0, 0.05) is 13.2 Å². The predicted molar refractivity (Wildman–Crippen MR) is 70.1 cm³/mol. The normalized spacial score (nSPS) is 19.3. The molecule has 1 aliphatic rings. The maximum atomic E-state index is 6.47. The van der Waals surface area contributed by atoms with Crippen LogP contribution in [0.5, 0.6) is 0 Å². The van der Waals surface area contributed by atoms with Gasteiger partial charge >= 0.3 is 0 Å². The molecule has 6 nitrogen and oxygen atoms in total. The first-order valence-corrected chi connectivity index (χ1v) is 6.79. The first kappa shape index (κ1) is 12.3. The molecule has 0 atom stereocenters. The summed E-state index contributed by atoms with van der Waals surface area (Å²) in [5.74, 6) is 1.07. The lowest BCUT2D eigenvalue weighted by Crippen LogP contribution is -2.37. The molecule has 1 saturated carbocycles. The first-order chi connectivity index (χ1) is 9.17. The number of hydrogen-bond acceptors (Lipinski definition) is 5. The van der Waals surface area contributed by atoms with Crippen LogP contribution in [0.15, 0.2) is 17.0 Å². The third-order valence-electron chi connectivity index (χ3n) is 3.79. The van der Waals surface area contributed by atoms with Crippen molar-refractivity contribution in [1.82, 2.24) is 19.7 Å². The second kappa shape index (κ2) is 4.77. The number of nitrogens with zero attached hydrogens (tertiary/aromatic N) is 4. The number of rotatable bonds is 2. The van der Waals surface area contributed by atoms with Gasteiger partial charge in [-0.2, -0.15) is 4.98 Å². The Morgan fingerprint density at radius 2 is 2.00 bits per heavy atom. The molecule has 19 heavy (non-hydrogen) atoms. The average Bonchev–Trinajstić information content (AvgIpc) is 2.97. The minimum Gasteiger partial charge on any atom is -0.340 e. The number of imidazole rings is 1. The molecule has 0 bridgehead atoms. The molecule has 0 aliphatic heterocycles. The Morgan fingerprint density at radius 1 is 1.26 bits per heavy atom. The number of hydrogen-bond donors (Lipinski definition) is 1. The van der Waals surface area contributed by atoms with Crippen molar-refractivity contribution < 1.29 is 4.52 Å². The fourth-order valence-electron chi connectivity index (χ4n) is 2.64. The summed E-state index contributed by atoms with van der Waals surface area (Å²) in [7, 11) is 1.91. The van der Waals surface area contributed by atoms with E-state index < -0.39 is 5.54 Å². The highest BCUT2D eigenvalue weighted by Crippen LogP contribution is 2.32. The second-order valence-corrected chi connectivity index (χ2v) is 5.42. The van der Waals surface area contributed by atoms with E-state index in [4.69, 9.17) is 10.3 Å². The number of nitrogens with two attached hydrogens (primary N) is 1. The summed E-state index contributed by atoms with van der Waals surface area (Å²) in [6, 6.07) is 0. The zero-order valence-electron chi connectivity index (χ0n) is 11.2. The third-order valence-corrected chi connectivity index (χ3v) is 3.79. The molecule has 0 aromatic carbocycles. The zero-order chi connectivity index (χ0) is 13.3. The van der Waals surface area contributed by atoms with Gasteiger partial charge < -0.3 is 14.8 Å². The molecule has 2 aromatic heterocycles. The van der Waals surface area contributed by atoms with Gasteiger partial charge in [0.15, 0.2) is 5.82 Å². The van der Waals surface area contributed by atoms with Crippen molar-refractivity contribution in [2.24, 2.45) is 12.8 Å². The molecular formula is C13H19N5O. The first-order valence-electron chi connectivity index (χ1n) is 6.79. The van der Waals surface area contributed by atoms with Crippen LogP contribution in [0.4, 0.5) is 0 Å². The van der Waals surface area contributed by atoms with Crippen LogP contribution in [-0.2, 0) is 12.6 Å². The number of aryl methyl sites for hydroxylation is 1. The lowest BCUT2D eigenvalue weighted by Gasteiger charge is -2.23. The topological polar surface area (TPSA) is 82.8 Å². The highest BCUT2D eigenvalue weighted by Gasteiger charge is 2.33. The molecule has 102 valence electrons. The summed E-state index contributed by atoms with van der Waals surface area (Å²) < 4.78 is 7.16. The zero-order valence-corrected chi connectivity index (χ0v) is 11.2. The summed E-state index contributed by atoms with van der Waals surface area (Å²) in [6.45, 7) is 0. The Bertz CT molecular complexity index is 551. The van der Waals surface area contributed by atoms with Crippen molar-refractivity contribution in [3.63, 3.8) is 0 Å². The summed E-state index contributed by atoms with van der Waals surface area (Å²) in [6.07, 6.45) is 10.2. The van der Waals surface area contributed by atoms with Gasteiger partial charge in [-0.3, -0.25) is 0 Å². The summed E-state index contributed by atoms with van der Waals surface area (Å²) >= 11 is 0. The quantitative estimate of drug-likeness (QED) is 0.836. The molecule has 0 amide bonds. The van der Waals surface area contributed by atoms with E-state index in [1.165, 1.54) is 12.8 Å². The lowest BCUT2D eigenvalue weighted by atomic mass is 9.91. The predicted octanol–water partition coefficient (Wildman–Crippen LogP) is 1.98. The third kappa shape index (κ3) is 2.40. The van der Waals surface area contributed by atoms with E-state index in [1.54, 1.807) is 6.33 Å². The monoisotopic (exact) mass is 261 g/mol.